The summed E-state index contributed by atoms with van der Waals surface area (Å²) in [5.74, 6) is 1.51. The number of halogens is 1. The largest absolute Gasteiger partial charge is 0.493 e. The van der Waals surface area contributed by atoms with Crippen LogP contribution in [0.1, 0.15) is 24.8 Å². The molecule has 1 N–H and O–H groups in total. The van der Waals surface area contributed by atoms with Gasteiger partial charge in [-0.05, 0) is 51.1 Å². The Hall–Kier alpha value is -0.780. The maximum atomic E-state index is 5.37. The van der Waals surface area contributed by atoms with Crippen LogP contribution in [0.3, 0.4) is 0 Å². The summed E-state index contributed by atoms with van der Waals surface area (Å²) in [6.07, 6.45) is 3.89. The third kappa shape index (κ3) is 3.52. The fourth-order valence-corrected chi connectivity index (χ4v) is 3.29. The topological polar surface area (TPSA) is 33.7 Å². The Morgan fingerprint density at radius 3 is 2.29 bits per heavy atom. The van der Waals surface area contributed by atoms with E-state index >= 15 is 0 Å². The summed E-state index contributed by atoms with van der Waals surface area (Å²) in [4.78, 5) is 2.35. The maximum absolute atomic E-state index is 5.37. The van der Waals surface area contributed by atoms with Crippen LogP contribution in [0.15, 0.2) is 16.6 Å². The van der Waals surface area contributed by atoms with Crippen LogP contribution in [0, 0.1) is 0 Å². The predicted octanol–water partition coefficient (Wildman–Crippen LogP) is 3.04. The molecule has 0 bridgehead atoms. The molecule has 1 aromatic rings. The molecule has 1 saturated carbocycles. The second-order valence-electron chi connectivity index (χ2n) is 5.87. The first-order valence-corrected chi connectivity index (χ1v) is 8.10. The number of benzene rings is 1. The van der Waals surface area contributed by atoms with Crippen molar-refractivity contribution < 1.29 is 9.47 Å². The molecule has 1 fully saturated rings. The van der Waals surface area contributed by atoms with E-state index in [2.05, 4.69) is 40.2 Å². The van der Waals surface area contributed by atoms with Gasteiger partial charge in [-0.25, -0.2) is 0 Å². The predicted molar refractivity (Wildman–Crippen MR) is 89.2 cm³/mol. The highest BCUT2D eigenvalue weighted by Crippen LogP contribution is 2.36. The lowest BCUT2D eigenvalue weighted by Crippen LogP contribution is -2.56. The van der Waals surface area contributed by atoms with Crippen LogP contribution in [0.2, 0.25) is 0 Å². The molecule has 0 unspecified atom stereocenters. The summed E-state index contributed by atoms with van der Waals surface area (Å²) in [5, 5.41) is 3.59. The molecule has 0 saturated heterocycles. The molecule has 21 heavy (non-hydrogen) atoms. The number of likely N-dealkylation sites (N-methyl/N-ethyl adjacent to an activating group) is 1. The van der Waals surface area contributed by atoms with E-state index in [9.17, 15) is 0 Å². The summed E-state index contributed by atoms with van der Waals surface area (Å²) >= 11 is 3.61. The smallest absolute Gasteiger partial charge is 0.161 e. The first-order valence-electron chi connectivity index (χ1n) is 7.31. The van der Waals surface area contributed by atoms with Crippen molar-refractivity contribution in [3.8, 4) is 11.5 Å². The lowest BCUT2D eigenvalue weighted by molar-refractivity contribution is 0.0598. The molecule has 0 atom stereocenters. The molecule has 2 rings (SSSR count). The molecule has 1 aromatic carbocycles. The average molecular weight is 357 g/mol. The van der Waals surface area contributed by atoms with Crippen molar-refractivity contribution in [2.75, 3.05) is 34.9 Å². The molecular formula is C16H25BrN2O2. The summed E-state index contributed by atoms with van der Waals surface area (Å²) in [6, 6.07) is 3.99. The van der Waals surface area contributed by atoms with Crippen molar-refractivity contribution in [3.05, 3.63) is 22.2 Å². The number of methoxy groups -OCH3 is 2. The van der Waals surface area contributed by atoms with Gasteiger partial charge in [0, 0.05) is 23.1 Å². The monoisotopic (exact) mass is 356 g/mol. The standard InChI is InChI=1S/C16H25BrN2O2/c1-19(2)16(6-5-7-16)11-18-10-12-8-14(20-3)15(21-4)9-13(12)17/h8-9,18H,5-7,10-11H2,1-4H3. The molecule has 4 nitrogen and oxygen atoms in total. The van der Waals surface area contributed by atoms with Gasteiger partial charge in [-0.15, -0.1) is 0 Å². The second-order valence-corrected chi connectivity index (χ2v) is 6.73. The Kier molecular flexibility index (Phi) is 5.52. The van der Waals surface area contributed by atoms with Gasteiger partial charge >= 0.3 is 0 Å². The van der Waals surface area contributed by atoms with Crippen LogP contribution >= 0.6 is 15.9 Å². The normalized spacial score (nSPS) is 16.7. The molecule has 0 amide bonds. The highest BCUT2D eigenvalue weighted by atomic mass is 79.9. The molecule has 0 aromatic heterocycles. The summed E-state index contributed by atoms with van der Waals surface area (Å²) in [6.45, 7) is 1.83. The van der Waals surface area contributed by atoms with E-state index in [0.717, 1.165) is 29.1 Å². The van der Waals surface area contributed by atoms with E-state index in [0.29, 0.717) is 5.54 Å². The maximum Gasteiger partial charge on any atom is 0.161 e. The van der Waals surface area contributed by atoms with Crippen LogP contribution in [0.5, 0.6) is 11.5 Å². The Balaban J connectivity index is 2.00. The molecule has 118 valence electrons. The highest BCUT2D eigenvalue weighted by Gasteiger charge is 2.38. The van der Waals surface area contributed by atoms with E-state index < -0.39 is 0 Å². The average Bonchev–Trinajstić information content (AvgIpc) is 2.42. The zero-order valence-corrected chi connectivity index (χ0v) is 14.9. The van der Waals surface area contributed by atoms with Crippen LogP contribution < -0.4 is 14.8 Å². The lowest BCUT2D eigenvalue weighted by atomic mass is 9.75. The zero-order chi connectivity index (χ0) is 15.5. The SMILES string of the molecule is COc1cc(Br)c(CNCC2(N(C)C)CCC2)cc1OC. The van der Waals surface area contributed by atoms with Gasteiger partial charge in [0.1, 0.15) is 0 Å². The third-order valence-electron chi connectivity index (χ3n) is 4.56. The van der Waals surface area contributed by atoms with Gasteiger partial charge in [-0.3, -0.25) is 0 Å². The summed E-state index contributed by atoms with van der Waals surface area (Å²) in [7, 11) is 7.67. The van der Waals surface area contributed by atoms with Crippen LogP contribution in [-0.4, -0.2) is 45.3 Å². The fraction of sp³-hybridized carbons (Fsp3) is 0.625. The number of nitrogens with zero attached hydrogens (tertiary/aromatic N) is 1. The minimum Gasteiger partial charge on any atom is -0.493 e. The van der Waals surface area contributed by atoms with E-state index in [1.807, 2.05) is 12.1 Å². The van der Waals surface area contributed by atoms with Gasteiger partial charge in [-0.1, -0.05) is 15.9 Å². The van der Waals surface area contributed by atoms with E-state index in [1.165, 1.54) is 24.8 Å². The quantitative estimate of drug-likeness (QED) is 0.813. The number of rotatable bonds is 7. The first-order chi connectivity index (χ1) is 10.0. The Labute approximate surface area is 135 Å². The number of nitrogens with one attached hydrogen (secondary N) is 1. The van der Waals surface area contributed by atoms with Gasteiger partial charge in [0.15, 0.2) is 11.5 Å². The number of ether oxygens (including phenoxy) is 2. The van der Waals surface area contributed by atoms with Crippen LogP contribution in [-0.2, 0) is 6.54 Å². The van der Waals surface area contributed by atoms with Crippen molar-refractivity contribution in [2.45, 2.75) is 31.3 Å². The Bertz CT molecular complexity index is 487. The van der Waals surface area contributed by atoms with Crippen molar-refractivity contribution >= 4 is 15.9 Å². The lowest BCUT2D eigenvalue weighted by Gasteiger charge is -2.47. The number of hydrogen-bond acceptors (Lipinski definition) is 4. The van der Waals surface area contributed by atoms with Gasteiger partial charge in [0.05, 0.1) is 14.2 Å². The molecule has 0 spiro atoms. The molecule has 0 heterocycles. The molecular weight excluding hydrogens is 332 g/mol. The Morgan fingerprint density at radius 1 is 1.19 bits per heavy atom. The molecule has 5 heteroatoms. The molecule has 1 aliphatic rings. The molecule has 1 aliphatic carbocycles. The Morgan fingerprint density at radius 2 is 1.81 bits per heavy atom. The molecule has 0 radical (unpaired) electrons. The van der Waals surface area contributed by atoms with Crippen molar-refractivity contribution in [2.24, 2.45) is 0 Å². The minimum absolute atomic E-state index is 0.336. The second kappa shape index (κ2) is 6.99. The van der Waals surface area contributed by atoms with Crippen LogP contribution in [0.4, 0.5) is 0 Å². The minimum atomic E-state index is 0.336. The summed E-state index contributed by atoms with van der Waals surface area (Å²) in [5.41, 5.74) is 1.52. The van der Waals surface area contributed by atoms with Gasteiger partial charge < -0.3 is 19.7 Å². The highest BCUT2D eigenvalue weighted by molar-refractivity contribution is 9.10. The van der Waals surface area contributed by atoms with Gasteiger partial charge in [0.25, 0.3) is 0 Å². The van der Waals surface area contributed by atoms with Crippen molar-refractivity contribution in [1.82, 2.24) is 10.2 Å². The van der Waals surface area contributed by atoms with E-state index in [-0.39, 0.29) is 0 Å². The zero-order valence-electron chi connectivity index (χ0n) is 13.3. The first kappa shape index (κ1) is 16.6. The van der Waals surface area contributed by atoms with Crippen LogP contribution in [0.25, 0.3) is 0 Å². The van der Waals surface area contributed by atoms with Crippen molar-refractivity contribution in [1.29, 1.82) is 0 Å². The number of hydrogen-bond donors (Lipinski definition) is 1. The van der Waals surface area contributed by atoms with Gasteiger partial charge in [-0.2, -0.15) is 0 Å². The summed E-state index contributed by atoms with van der Waals surface area (Å²) < 4.78 is 11.7. The van der Waals surface area contributed by atoms with Gasteiger partial charge in [0.2, 0.25) is 0 Å². The third-order valence-corrected chi connectivity index (χ3v) is 5.29. The van der Waals surface area contributed by atoms with Crippen molar-refractivity contribution in [3.63, 3.8) is 0 Å². The van der Waals surface area contributed by atoms with E-state index in [4.69, 9.17) is 9.47 Å². The van der Waals surface area contributed by atoms with E-state index in [1.54, 1.807) is 14.2 Å². The fourth-order valence-electron chi connectivity index (χ4n) is 2.83. The molecule has 0 aliphatic heterocycles.